The summed E-state index contributed by atoms with van der Waals surface area (Å²) in [5.74, 6) is -1.04. The number of nitrogens with zero attached hydrogens (tertiary/aromatic N) is 2. The van der Waals surface area contributed by atoms with Gasteiger partial charge in [0.15, 0.2) is 0 Å². The predicted octanol–water partition coefficient (Wildman–Crippen LogP) is 1.08. The Morgan fingerprint density at radius 3 is 2.83 bits per heavy atom. The molecule has 8 nitrogen and oxygen atoms in total. The molecule has 0 fully saturated rings. The van der Waals surface area contributed by atoms with Crippen LogP contribution in [0.25, 0.3) is 5.57 Å². The highest BCUT2D eigenvalue weighted by Crippen LogP contribution is 2.33. The highest BCUT2D eigenvalue weighted by Gasteiger charge is 2.17. The normalized spacial score (nSPS) is 15.1. The summed E-state index contributed by atoms with van der Waals surface area (Å²) in [5.41, 5.74) is 8.18. The van der Waals surface area contributed by atoms with Gasteiger partial charge in [-0.25, -0.2) is 0 Å². The minimum Gasteiger partial charge on any atom is -0.367 e. The fourth-order valence-electron chi connectivity index (χ4n) is 2.35. The van der Waals surface area contributed by atoms with Crippen molar-refractivity contribution in [1.29, 1.82) is 5.26 Å². The minimum atomic E-state index is -3.80. The largest absolute Gasteiger partial charge is 0.367 e. The van der Waals surface area contributed by atoms with E-state index >= 15 is 0 Å². The first kappa shape index (κ1) is 17.5. The van der Waals surface area contributed by atoms with E-state index in [2.05, 4.69) is 20.8 Å². The van der Waals surface area contributed by atoms with Crippen molar-refractivity contribution in [3.05, 3.63) is 41.0 Å². The van der Waals surface area contributed by atoms with Gasteiger partial charge in [-0.1, -0.05) is 12.1 Å². The summed E-state index contributed by atoms with van der Waals surface area (Å²) in [6, 6.07) is 8.95. The number of allylic oxidation sites excluding steroid dienone is 2. The molecule has 0 saturated heterocycles. The van der Waals surface area contributed by atoms with Gasteiger partial charge in [0.1, 0.15) is 0 Å². The Labute approximate surface area is 139 Å². The van der Waals surface area contributed by atoms with Crippen LogP contribution >= 0.6 is 0 Å². The number of hydrogen-bond acceptors (Lipinski definition) is 6. The van der Waals surface area contributed by atoms with Crippen LogP contribution in [0.2, 0.25) is 0 Å². The molecule has 0 atom stereocenters. The zero-order valence-corrected chi connectivity index (χ0v) is 13.8. The number of carbonyl (C=O) groups is 1. The first-order valence-corrected chi connectivity index (χ1v) is 8.88. The van der Waals surface area contributed by atoms with E-state index in [1.54, 1.807) is 18.2 Å². The van der Waals surface area contributed by atoms with E-state index in [0.29, 0.717) is 5.56 Å². The van der Waals surface area contributed by atoms with E-state index in [1.165, 1.54) is 0 Å². The van der Waals surface area contributed by atoms with Crippen molar-refractivity contribution in [2.75, 3.05) is 6.26 Å². The molecule has 0 aliphatic heterocycles. The third-order valence-electron chi connectivity index (χ3n) is 3.34. The molecule has 0 unspecified atom stereocenters. The lowest BCUT2D eigenvalue weighted by atomic mass is 10.00. The standard InChI is InChI=1S/C15H16N4O4S/c1-24(21,22)23-19-15(17)18-14(20)11-5-2-4-10(8-11)13-7-3-6-12(13)9-16/h2,4-5,8H,3,6-7H2,1H3,(H3,17,18,19,20). The number of nitrogens with one attached hydrogen (secondary N) is 1. The molecule has 24 heavy (non-hydrogen) atoms. The Morgan fingerprint density at radius 1 is 1.42 bits per heavy atom. The molecular formula is C15H16N4O4S. The van der Waals surface area contributed by atoms with E-state index in [1.807, 2.05) is 6.07 Å². The average Bonchev–Trinajstić information content (AvgIpc) is 3.01. The molecule has 0 radical (unpaired) electrons. The second kappa shape index (κ2) is 7.14. The lowest BCUT2D eigenvalue weighted by Crippen LogP contribution is -2.37. The number of oxime groups is 1. The summed E-state index contributed by atoms with van der Waals surface area (Å²) in [5, 5.41) is 14.5. The van der Waals surface area contributed by atoms with Gasteiger partial charge in [0.05, 0.1) is 12.3 Å². The smallest absolute Gasteiger partial charge is 0.325 e. The predicted molar refractivity (Wildman–Crippen MR) is 87.8 cm³/mol. The molecule has 2 rings (SSSR count). The summed E-state index contributed by atoms with van der Waals surface area (Å²) in [7, 11) is -3.80. The van der Waals surface area contributed by atoms with Gasteiger partial charge in [-0.05, 0) is 47.7 Å². The van der Waals surface area contributed by atoms with Gasteiger partial charge >= 0.3 is 10.1 Å². The van der Waals surface area contributed by atoms with Gasteiger partial charge < -0.3 is 5.73 Å². The first-order chi connectivity index (χ1) is 11.3. The van der Waals surface area contributed by atoms with Gasteiger partial charge in [0.25, 0.3) is 5.91 Å². The molecule has 1 aliphatic rings. The lowest BCUT2D eigenvalue weighted by Gasteiger charge is -2.07. The Kier molecular flexibility index (Phi) is 5.21. The summed E-state index contributed by atoms with van der Waals surface area (Å²) >= 11 is 0. The maximum Gasteiger partial charge on any atom is 0.325 e. The Morgan fingerprint density at radius 2 is 2.17 bits per heavy atom. The van der Waals surface area contributed by atoms with E-state index in [4.69, 9.17) is 11.0 Å². The number of carbonyl (C=O) groups excluding carboxylic acids is 1. The molecule has 126 valence electrons. The van der Waals surface area contributed by atoms with Crippen LogP contribution in [0.5, 0.6) is 0 Å². The number of benzene rings is 1. The number of nitrogens with two attached hydrogens (primary N) is 1. The Bertz CT molecular complexity index is 866. The SMILES string of the molecule is CS(=O)(=O)ON=C(N)NC(=O)c1cccc(C2=C(C#N)CCC2)c1. The van der Waals surface area contributed by atoms with Gasteiger partial charge in [0.2, 0.25) is 5.96 Å². The number of nitriles is 1. The van der Waals surface area contributed by atoms with Crippen molar-refractivity contribution in [1.82, 2.24) is 5.32 Å². The fourth-order valence-corrected chi connectivity index (χ4v) is 2.57. The third kappa shape index (κ3) is 4.57. The van der Waals surface area contributed by atoms with Crippen LogP contribution in [0.1, 0.15) is 35.2 Å². The molecule has 1 aromatic rings. The van der Waals surface area contributed by atoms with Crippen molar-refractivity contribution < 1.29 is 17.5 Å². The molecule has 1 aliphatic carbocycles. The van der Waals surface area contributed by atoms with Crippen molar-refractivity contribution in [2.45, 2.75) is 19.3 Å². The summed E-state index contributed by atoms with van der Waals surface area (Å²) in [4.78, 5) is 12.1. The molecule has 1 aromatic carbocycles. The van der Waals surface area contributed by atoms with Crippen molar-refractivity contribution in [2.24, 2.45) is 10.9 Å². The summed E-state index contributed by atoms with van der Waals surface area (Å²) < 4.78 is 25.8. The van der Waals surface area contributed by atoms with Gasteiger partial charge in [0, 0.05) is 11.1 Å². The topological polar surface area (TPSA) is 135 Å². The fraction of sp³-hybridized carbons (Fsp3) is 0.267. The van der Waals surface area contributed by atoms with Gasteiger partial charge in [-0.15, -0.1) is 0 Å². The van der Waals surface area contributed by atoms with Crippen molar-refractivity contribution in [3.8, 4) is 6.07 Å². The molecule has 0 bridgehead atoms. The molecule has 1 amide bonds. The third-order valence-corrected chi connectivity index (χ3v) is 3.68. The lowest BCUT2D eigenvalue weighted by molar-refractivity contribution is 0.0975. The minimum absolute atomic E-state index is 0.307. The highest BCUT2D eigenvalue weighted by atomic mass is 32.2. The van der Waals surface area contributed by atoms with Crippen LogP contribution in [0.3, 0.4) is 0 Å². The Balaban J connectivity index is 2.17. The van der Waals surface area contributed by atoms with Crippen LogP contribution in [-0.2, 0) is 14.4 Å². The maximum absolute atomic E-state index is 12.1. The average molecular weight is 348 g/mol. The highest BCUT2D eigenvalue weighted by molar-refractivity contribution is 7.85. The molecule has 0 aromatic heterocycles. The molecular weight excluding hydrogens is 332 g/mol. The van der Waals surface area contributed by atoms with Gasteiger partial charge in [-0.3, -0.25) is 14.4 Å². The number of rotatable bonds is 4. The zero-order chi connectivity index (χ0) is 17.7. The van der Waals surface area contributed by atoms with E-state index in [9.17, 15) is 13.2 Å². The van der Waals surface area contributed by atoms with E-state index in [0.717, 1.165) is 42.2 Å². The molecule has 0 heterocycles. The molecule has 0 saturated carbocycles. The van der Waals surface area contributed by atoms with Crippen LogP contribution in [0, 0.1) is 11.3 Å². The number of amides is 1. The Hall–Kier alpha value is -2.86. The molecule has 3 N–H and O–H groups in total. The molecule has 0 spiro atoms. The maximum atomic E-state index is 12.1. The van der Waals surface area contributed by atoms with E-state index < -0.39 is 22.0 Å². The first-order valence-electron chi connectivity index (χ1n) is 7.06. The van der Waals surface area contributed by atoms with Crippen molar-refractivity contribution in [3.63, 3.8) is 0 Å². The second-order valence-corrected chi connectivity index (χ2v) is 6.77. The zero-order valence-electron chi connectivity index (χ0n) is 12.9. The van der Waals surface area contributed by atoms with Crippen LogP contribution in [0.4, 0.5) is 0 Å². The number of guanidine groups is 1. The van der Waals surface area contributed by atoms with E-state index in [-0.39, 0.29) is 0 Å². The van der Waals surface area contributed by atoms with Crippen molar-refractivity contribution >= 4 is 27.6 Å². The number of hydrogen-bond donors (Lipinski definition) is 2. The van der Waals surface area contributed by atoms with Crippen LogP contribution in [-0.4, -0.2) is 26.5 Å². The second-order valence-electron chi connectivity index (χ2n) is 5.21. The quantitative estimate of drug-likeness (QED) is 0.475. The summed E-state index contributed by atoms with van der Waals surface area (Å²) in [6.45, 7) is 0. The monoisotopic (exact) mass is 348 g/mol. The van der Waals surface area contributed by atoms with Crippen LogP contribution < -0.4 is 11.1 Å². The summed E-state index contributed by atoms with van der Waals surface area (Å²) in [6.07, 6.45) is 3.25. The van der Waals surface area contributed by atoms with Crippen LogP contribution in [0.15, 0.2) is 35.0 Å². The molecule has 9 heteroatoms. The van der Waals surface area contributed by atoms with Gasteiger partial charge in [-0.2, -0.15) is 13.7 Å².